The Morgan fingerprint density at radius 2 is 1.97 bits per heavy atom. The number of hydrogen-bond acceptors (Lipinski definition) is 5. The molecule has 2 aromatic heterocycles. The van der Waals surface area contributed by atoms with Gasteiger partial charge in [0.1, 0.15) is 11.3 Å². The van der Waals surface area contributed by atoms with Crippen molar-refractivity contribution in [3.05, 3.63) is 64.8 Å². The summed E-state index contributed by atoms with van der Waals surface area (Å²) in [5, 5.41) is 3.87. The molecule has 154 valence electrons. The molecule has 0 bridgehead atoms. The van der Waals surface area contributed by atoms with Gasteiger partial charge in [-0.3, -0.25) is 14.6 Å². The summed E-state index contributed by atoms with van der Waals surface area (Å²) in [6.07, 6.45) is 4.86. The molecule has 7 heteroatoms. The quantitative estimate of drug-likeness (QED) is 0.665. The van der Waals surface area contributed by atoms with Crippen LogP contribution in [0.1, 0.15) is 39.4 Å². The summed E-state index contributed by atoms with van der Waals surface area (Å²) in [6, 6.07) is 8.16. The van der Waals surface area contributed by atoms with Gasteiger partial charge in [0.05, 0.1) is 5.69 Å². The summed E-state index contributed by atoms with van der Waals surface area (Å²) in [6.45, 7) is 3.93. The lowest BCUT2D eigenvalue weighted by molar-refractivity contribution is -0.118. The maximum absolute atomic E-state index is 12.8. The van der Waals surface area contributed by atoms with Gasteiger partial charge in [-0.1, -0.05) is 11.2 Å². The molecule has 0 aliphatic carbocycles. The second kappa shape index (κ2) is 7.74. The summed E-state index contributed by atoms with van der Waals surface area (Å²) in [4.78, 5) is 32.4. The van der Waals surface area contributed by atoms with Gasteiger partial charge in [-0.25, -0.2) is 0 Å². The predicted molar refractivity (Wildman–Crippen MR) is 113 cm³/mol. The molecule has 3 heterocycles. The van der Waals surface area contributed by atoms with E-state index in [9.17, 15) is 9.59 Å². The average Bonchev–Trinajstić information content (AvgIpc) is 3.08. The summed E-state index contributed by atoms with van der Waals surface area (Å²) in [5.41, 5.74) is 6.18. The lowest BCUT2D eigenvalue weighted by atomic mass is 9.96. The average molecular weight is 404 g/mol. The SMILES string of the molecule is Cc1noc(C)c1C(=O)N(C)Cc1cncc(-c2ccc3c(c2)CCC(=O)N3C)c1. The van der Waals surface area contributed by atoms with E-state index in [0.29, 0.717) is 30.0 Å². The van der Waals surface area contributed by atoms with Gasteiger partial charge in [-0.05, 0) is 55.2 Å². The number of amides is 2. The number of aromatic nitrogens is 2. The van der Waals surface area contributed by atoms with Gasteiger partial charge >= 0.3 is 0 Å². The molecule has 0 radical (unpaired) electrons. The molecule has 1 aromatic carbocycles. The first-order valence-electron chi connectivity index (χ1n) is 9.87. The van der Waals surface area contributed by atoms with E-state index < -0.39 is 0 Å². The highest BCUT2D eigenvalue weighted by Crippen LogP contribution is 2.31. The van der Waals surface area contributed by atoms with Crippen molar-refractivity contribution in [2.24, 2.45) is 0 Å². The molecule has 0 fully saturated rings. The van der Waals surface area contributed by atoms with Crippen LogP contribution in [0.25, 0.3) is 11.1 Å². The zero-order valence-corrected chi connectivity index (χ0v) is 17.6. The predicted octanol–water partition coefficient (Wildman–Crippen LogP) is 3.53. The van der Waals surface area contributed by atoms with E-state index in [2.05, 4.69) is 16.2 Å². The highest BCUT2D eigenvalue weighted by atomic mass is 16.5. The molecule has 1 aliphatic heterocycles. The van der Waals surface area contributed by atoms with Crippen molar-refractivity contribution in [1.29, 1.82) is 0 Å². The molecule has 0 N–H and O–H groups in total. The Hall–Kier alpha value is -3.48. The normalized spacial score (nSPS) is 13.3. The molecular weight excluding hydrogens is 380 g/mol. The van der Waals surface area contributed by atoms with Crippen molar-refractivity contribution in [3.63, 3.8) is 0 Å². The van der Waals surface area contributed by atoms with Gasteiger partial charge in [0.25, 0.3) is 5.91 Å². The zero-order chi connectivity index (χ0) is 21.4. The van der Waals surface area contributed by atoms with Gasteiger partial charge < -0.3 is 14.3 Å². The lowest BCUT2D eigenvalue weighted by Crippen LogP contribution is -2.30. The van der Waals surface area contributed by atoms with Crippen molar-refractivity contribution in [1.82, 2.24) is 15.0 Å². The van der Waals surface area contributed by atoms with E-state index in [-0.39, 0.29) is 11.8 Å². The van der Waals surface area contributed by atoms with Crippen LogP contribution in [-0.4, -0.2) is 41.0 Å². The van der Waals surface area contributed by atoms with Crippen molar-refractivity contribution >= 4 is 17.5 Å². The molecule has 3 aromatic rings. The summed E-state index contributed by atoms with van der Waals surface area (Å²) >= 11 is 0. The zero-order valence-electron chi connectivity index (χ0n) is 17.6. The molecule has 1 aliphatic rings. The van der Waals surface area contributed by atoms with Crippen molar-refractivity contribution in [3.8, 4) is 11.1 Å². The standard InChI is InChI=1S/C23H24N4O3/c1-14-22(15(2)30-25-14)23(29)26(3)13-16-9-19(12-24-11-16)17-5-7-20-18(10-17)6-8-21(28)27(20)4/h5,7,9-12H,6,8,13H2,1-4H3. The molecule has 2 amide bonds. The highest BCUT2D eigenvalue weighted by molar-refractivity contribution is 5.96. The first-order valence-corrected chi connectivity index (χ1v) is 9.87. The number of hydrogen-bond donors (Lipinski definition) is 0. The van der Waals surface area contributed by atoms with Gasteiger partial charge in [-0.2, -0.15) is 0 Å². The first kappa shape index (κ1) is 19.8. The number of benzene rings is 1. The maximum Gasteiger partial charge on any atom is 0.259 e. The minimum atomic E-state index is -0.127. The third kappa shape index (κ3) is 3.58. The number of aryl methyl sites for hydroxylation is 3. The highest BCUT2D eigenvalue weighted by Gasteiger charge is 2.22. The molecule has 0 atom stereocenters. The Balaban J connectivity index is 1.56. The number of nitrogens with zero attached hydrogens (tertiary/aromatic N) is 4. The summed E-state index contributed by atoms with van der Waals surface area (Å²) in [5.74, 6) is 0.539. The van der Waals surface area contributed by atoms with E-state index >= 15 is 0 Å². The molecular formula is C23H24N4O3. The largest absolute Gasteiger partial charge is 0.361 e. The topological polar surface area (TPSA) is 79.5 Å². The van der Waals surface area contributed by atoms with Crippen LogP contribution < -0.4 is 4.90 Å². The van der Waals surface area contributed by atoms with Crippen LogP contribution in [-0.2, 0) is 17.8 Å². The first-order chi connectivity index (χ1) is 14.3. The van der Waals surface area contributed by atoms with Crippen LogP contribution in [0.2, 0.25) is 0 Å². The fraction of sp³-hybridized carbons (Fsp3) is 0.304. The fourth-order valence-corrected chi connectivity index (χ4v) is 3.89. The number of pyridine rings is 1. The lowest BCUT2D eigenvalue weighted by Gasteiger charge is -2.26. The Morgan fingerprint density at radius 1 is 1.17 bits per heavy atom. The van der Waals surface area contributed by atoms with Gasteiger partial charge in [0.2, 0.25) is 5.91 Å². The number of carbonyl (C=O) groups excluding carboxylic acids is 2. The van der Waals surface area contributed by atoms with Gasteiger partial charge in [0.15, 0.2) is 0 Å². The second-order valence-corrected chi connectivity index (χ2v) is 7.74. The Bertz CT molecular complexity index is 1120. The van der Waals surface area contributed by atoms with Gasteiger partial charge in [0, 0.05) is 50.7 Å². The van der Waals surface area contributed by atoms with E-state index in [1.807, 2.05) is 31.4 Å². The van der Waals surface area contributed by atoms with Crippen molar-refractivity contribution in [2.45, 2.75) is 33.2 Å². The van der Waals surface area contributed by atoms with E-state index in [4.69, 9.17) is 4.52 Å². The Morgan fingerprint density at radius 3 is 2.70 bits per heavy atom. The molecule has 4 rings (SSSR count). The third-order valence-electron chi connectivity index (χ3n) is 5.57. The fourth-order valence-electron chi connectivity index (χ4n) is 3.89. The van der Waals surface area contributed by atoms with Crippen LogP contribution >= 0.6 is 0 Å². The number of anilines is 1. The molecule has 0 saturated carbocycles. The van der Waals surface area contributed by atoms with Crippen LogP contribution in [0.3, 0.4) is 0 Å². The Labute approximate surface area is 175 Å². The van der Waals surface area contributed by atoms with Crippen LogP contribution in [0.5, 0.6) is 0 Å². The van der Waals surface area contributed by atoms with Gasteiger partial charge in [-0.15, -0.1) is 0 Å². The Kier molecular flexibility index (Phi) is 5.11. The van der Waals surface area contributed by atoms with E-state index in [1.165, 1.54) is 0 Å². The maximum atomic E-state index is 12.8. The summed E-state index contributed by atoms with van der Waals surface area (Å²) < 4.78 is 5.12. The molecule has 0 spiro atoms. The third-order valence-corrected chi connectivity index (χ3v) is 5.57. The molecule has 0 saturated heterocycles. The number of carbonyl (C=O) groups is 2. The summed E-state index contributed by atoms with van der Waals surface area (Å²) in [7, 11) is 3.57. The minimum Gasteiger partial charge on any atom is -0.361 e. The number of rotatable bonds is 4. The van der Waals surface area contributed by atoms with Crippen LogP contribution in [0, 0.1) is 13.8 Å². The minimum absolute atomic E-state index is 0.127. The second-order valence-electron chi connectivity index (χ2n) is 7.74. The van der Waals surface area contributed by atoms with Crippen molar-refractivity contribution in [2.75, 3.05) is 19.0 Å². The molecule has 7 nitrogen and oxygen atoms in total. The molecule has 30 heavy (non-hydrogen) atoms. The number of fused-ring (bicyclic) bond motifs is 1. The van der Waals surface area contributed by atoms with Crippen LogP contribution in [0.15, 0.2) is 41.2 Å². The monoisotopic (exact) mass is 404 g/mol. The van der Waals surface area contributed by atoms with Crippen LogP contribution in [0.4, 0.5) is 5.69 Å². The van der Waals surface area contributed by atoms with E-state index in [0.717, 1.165) is 34.4 Å². The molecule has 0 unspecified atom stereocenters. The smallest absolute Gasteiger partial charge is 0.259 e. The van der Waals surface area contributed by atoms with E-state index in [1.54, 1.807) is 36.9 Å². The van der Waals surface area contributed by atoms with Crippen molar-refractivity contribution < 1.29 is 14.1 Å².